The highest BCUT2D eigenvalue weighted by Gasteiger charge is 2.53. The SMILES string of the molecule is CCCCN1C(=O)[C@H](CC(C)C)NC(=O)C12CCN(Cc1ccc(-c3ccccc3)nc1)CC2. The van der Waals surface area contributed by atoms with Crippen molar-refractivity contribution in [3.8, 4) is 11.3 Å². The van der Waals surface area contributed by atoms with E-state index in [1.807, 2.05) is 29.3 Å². The summed E-state index contributed by atoms with van der Waals surface area (Å²) in [6.45, 7) is 9.38. The molecule has 0 radical (unpaired) electrons. The highest BCUT2D eigenvalue weighted by molar-refractivity contribution is 6.00. The van der Waals surface area contributed by atoms with Gasteiger partial charge >= 0.3 is 0 Å². The molecular weight excluding hydrogens is 424 g/mol. The lowest BCUT2D eigenvalue weighted by Crippen LogP contribution is -2.73. The number of nitrogens with one attached hydrogen (secondary N) is 1. The fourth-order valence-electron chi connectivity index (χ4n) is 5.28. The van der Waals surface area contributed by atoms with Crippen LogP contribution in [0, 0.1) is 5.92 Å². The Morgan fingerprint density at radius 1 is 1.09 bits per heavy atom. The maximum atomic E-state index is 13.4. The quantitative estimate of drug-likeness (QED) is 0.637. The molecule has 2 amide bonds. The number of piperidine rings is 1. The molecule has 2 saturated heterocycles. The number of hydrogen-bond donors (Lipinski definition) is 1. The van der Waals surface area contributed by atoms with Crippen molar-refractivity contribution in [2.24, 2.45) is 5.92 Å². The zero-order valence-electron chi connectivity index (χ0n) is 20.8. The van der Waals surface area contributed by atoms with Crippen LogP contribution in [0.2, 0.25) is 0 Å². The molecule has 3 heterocycles. The summed E-state index contributed by atoms with van der Waals surface area (Å²) >= 11 is 0. The average molecular weight is 463 g/mol. The summed E-state index contributed by atoms with van der Waals surface area (Å²) in [6, 6.07) is 14.0. The molecular formula is C28H38N4O2. The smallest absolute Gasteiger partial charge is 0.246 e. The minimum Gasteiger partial charge on any atom is -0.342 e. The van der Waals surface area contributed by atoms with Crippen molar-refractivity contribution >= 4 is 11.8 Å². The fraction of sp³-hybridized carbons (Fsp3) is 0.536. The molecule has 34 heavy (non-hydrogen) atoms. The Balaban J connectivity index is 1.42. The van der Waals surface area contributed by atoms with Gasteiger partial charge in [-0.05, 0) is 43.2 Å². The van der Waals surface area contributed by atoms with Crippen LogP contribution in [0.4, 0.5) is 0 Å². The third kappa shape index (κ3) is 5.17. The molecule has 182 valence electrons. The number of piperazine rings is 1. The van der Waals surface area contributed by atoms with Gasteiger partial charge in [0.1, 0.15) is 11.6 Å². The zero-order chi connectivity index (χ0) is 24.1. The van der Waals surface area contributed by atoms with Gasteiger partial charge in [-0.1, -0.05) is 63.6 Å². The highest BCUT2D eigenvalue weighted by Crippen LogP contribution is 2.34. The average Bonchev–Trinajstić information content (AvgIpc) is 2.84. The van der Waals surface area contributed by atoms with E-state index < -0.39 is 5.54 Å². The maximum absolute atomic E-state index is 13.4. The molecule has 2 fully saturated rings. The van der Waals surface area contributed by atoms with Crippen LogP contribution >= 0.6 is 0 Å². The summed E-state index contributed by atoms with van der Waals surface area (Å²) in [5, 5.41) is 3.09. The third-order valence-corrected chi connectivity index (χ3v) is 7.23. The second-order valence-electron chi connectivity index (χ2n) is 10.2. The van der Waals surface area contributed by atoms with Gasteiger partial charge in [0, 0.05) is 37.9 Å². The Labute approximate surface area is 203 Å². The molecule has 2 aliphatic rings. The monoisotopic (exact) mass is 462 g/mol. The van der Waals surface area contributed by atoms with Crippen molar-refractivity contribution in [3.05, 3.63) is 54.2 Å². The van der Waals surface area contributed by atoms with E-state index in [1.54, 1.807) is 0 Å². The van der Waals surface area contributed by atoms with Crippen LogP contribution in [-0.2, 0) is 16.1 Å². The van der Waals surface area contributed by atoms with E-state index in [2.05, 4.69) is 60.2 Å². The number of unbranched alkanes of at least 4 members (excludes halogenated alkanes) is 1. The van der Waals surface area contributed by atoms with Crippen molar-refractivity contribution in [3.63, 3.8) is 0 Å². The number of hydrogen-bond acceptors (Lipinski definition) is 4. The van der Waals surface area contributed by atoms with Gasteiger partial charge in [-0.3, -0.25) is 19.5 Å². The molecule has 6 nitrogen and oxygen atoms in total. The number of pyridine rings is 1. The van der Waals surface area contributed by atoms with E-state index in [4.69, 9.17) is 0 Å². The van der Waals surface area contributed by atoms with E-state index in [0.29, 0.717) is 31.7 Å². The predicted octanol–water partition coefficient (Wildman–Crippen LogP) is 4.26. The summed E-state index contributed by atoms with van der Waals surface area (Å²) in [5.74, 6) is 0.512. The summed E-state index contributed by atoms with van der Waals surface area (Å²) in [5.41, 5.74) is 2.55. The molecule has 2 aromatic rings. The normalized spacial score (nSPS) is 20.7. The van der Waals surface area contributed by atoms with Crippen molar-refractivity contribution in [1.29, 1.82) is 0 Å². The molecule has 0 saturated carbocycles. The molecule has 1 spiro atoms. The van der Waals surface area contributed by atoms with Crippen LogP contribution in [0.1, 0.15) is 58.4 Å². The number of benzene rings is 1. The fourth-order valence-corrected chi connectivity index (χ4v) is 5.28. The Bertz CT molecular complexity index is 966. The molecule has 1 aromatic carbocycles. The number of rotatable bonds is 8. The van der Waals surface area contributed by atoms with Gasteiger partial charge in [-0.2, -0.15) is 0 Å². The van der Waals surface area contributed by atoms with Crippen molar-refractivity contribution in [2.45, 2.75) is 71.0 Å². The molecule has 6 heteroatoms. The Morgan fingerprint density at radius 2 is 1.82 bits per heavy atom. The van der Waals surface area contributed by atoms with E-state index >= 15 is 0 Å². The number of carbonyl (C=O) groups excluding carboxylic acids is 2. The molecule has 1 aromatic heterocycles. The van der Waals surface area contributed by atoms with Crippen LogP contribution in [0.25, 0.3) is 11.3 Å². The predicted molar refractivity (Wildman–Crippen MR) is 135 cm³/mol. The van der Waals surface area contributed by atoms with Gasteiger partial charge in [-0.15, -0.1) is 0 Å². The standard InChI is InChI=1S/C28H38N4O2/c1-4-5-15-32-26(33)25(18-21(2)3)30-27(34)28(32)13-16-31(17-14-28)20-22-11-12-24(29-19-22)23-9-7-6-8-10-23/h6-12,19,21,25H,4-5,13-18,20H2,1-3H3,(H,30,34)/t25-/m0/s1. The van der Waals surface area contributed by atoms with Crippen LogP contribution in [0.15, 0.2) is 48.7 Å². The number of likely N-dealkylation sites (tertiary alicyclic amines) is 1. The first kappa shape index (κ1) is 24.4. The number of aromatic nitrogens is 1. The molecule has 1 atom stereocenters. The molecule has 1 N–H and O–H groups in total. The second-order valence-corrected chi connectivity index (χ2v) is 10.2. The van der Waals surface area contributed by atoms with Gasteiger partial charge in [0.15, 0.2) is 0 Å². The minimum absolute atomic E-state index is 0.0439. The van der Waals surface area contributed by atoms with E-state index in [1.165, 1.54) is 5.56 Å². The summed E-state index contributed by atoms with van der Waals surface area (Å²) < 4.78 is 0. The summed E-state index contributed by atoms with van der Waals surface area (Å²) in [7, 11) is 0. The van der Waals surface area contributed by atoms with Crippen LogP contribution < -0.4 is 5.32 Å². The molecule has 4 rings (SSSR count). The Hall–Kier alpha value is -2.73. The van der Waals surface area contributed by atoms with Crippen LogP contribution in [0.5, 0.6) is 0 Å². The number of carbonyl (C=O) groups is 2. The Morgan fingerprint density at radius 3 is 2.44 bits per heavy atom. The summed E-state index contributed by atoms with van der Waals surface area (Å²) in [4.78, 5) is 35.8. The maximum Gasteiger partial charge on any atom is 0.246 e. The van der Waals surface area contributed by atoms with Crippen molar-refractivity contribution in [2.75, 3.05) is 19.6 Å². The first-order valence-corrected chi connectivity index (χ1v) is 12.8. The minimum atomic E-state index is -0.703. The first-order chi connectivity index (χ1) is 16.4. The molecule has 0 aliphatic carbocycles. The van der Waals surface area contributed by atoms with Gasteiger partial charge in [0.25, 0.3) is 0 Å². The van der Waals surface area contributed by atoms with Crippen LogP contribution in [-0.4, -0.2) is 57.8 Å². The Kier molecular flexibility index (Phi) is 7.67. The topological polar surface area (TPSA) is 65.5 Å². The second kappa shape index (κ2) is 10.7. The third-order valence-electron chi connectivity index (χ3n) is 7.23. The van der Waals surface area contributed by atoms with Gasteiger partial charge in [0.2, 0.25) is 11.8 Å². The lowest BCUT2D eigenvalue weighted by atomic mass is 9.80. The van der Waals surface area contributed by atoms with Crippen LogP contribution in [0.3, 0.4) is 0 Å². The van der Waals surface area contributed by atoms with Crippen molar-refractivity contribution < 1.29 is 9.59 Å². The first-order valence-electron chi connectivity index (χ1n) is 12.8. The largest absolute Gasteiger partial charge is 0.342 e. The lowest BCUT2D eigenvalue weighted by Gasteiger charge is -2.52. The van der Waals surface area contributed by atoms with E-state index in [-0.39, 0.29) is 17.9 Å². The number of amides is 2. The van der Waals surface area contributed by atoms with Crippen molar-refractivity contribution in [1.82, 2.24) is 20.1 Å². The molecule has 2 aliphatic heterocycles. The molecule has 0 unspecified atom stereocenters. The van der Waals surface area contributed by atoms with Gasteiger partial charge in [0.05, 0.1) is 5.69 Å². The van der Waals surface area contributed by atoms with Gasteiger partial charge < -0.3 is 10.2 Å². The van der Waals surface area contributed by atoms with E-state index in [9.17, 15) is 9.59 Å². The lowest BCUT2D eigenvalue weighted by molar-refractivity contribution is -0.161. The van der Waals surface area contributed by atoms with Gasteiger partial charge in [-0.25, -0.2) is 0 Å². The van der Waals surface area contributed by atoms with E-state index in [0.717, 1.165) is 43.7 Å². The highest BCUT2D eigenvalue weighted by atomic mass is 16.2. The molecule has 0 bridgehead atoms. The zero-order valence-corrected chi connectivity index (χ0v) is 20.8. The summed E-state index contributed by atoms with van der Waals surface area (Å²) in [6.07, 6.45) is 5.94. The number of nitrogens with zero attached hydrogens (tertiary/aromatic N) is 3.